The van der Waals surface area contributed by atoms with Gasteiger partial charge in [0.05, 0.1) is 6.67 Å². The maximum absolute atomic E-state index is 12.7. The average Bonchev–Trinajstić information content (AvgIpc) is 3.33. The van der Waals surface area contributed by atoms with E-state index in [2.05, 4.69) is 14.7 Å². The Morgan fingerprint density at radius 1 is 1.00 bits per heavy atom. The third-order valence-corrected chi connectivity index (χ3v) is 7.31. The second kappa shape index (κ2) is 8.35. The third-order valence-electron chi connectivity index (χ3n) is 5.94. The molecule has 2 aliphatic heterocycles. The van der Waals surface area contributed by atoms with E-state index in [0.29, 0.717) is 5.91 Å². The molecule has 1 aromatic heterocycles. The average molecular weight is 396 g/mol. The van der Waals surface area contributed by atoms with Gasteiger partial charge in [0, 0.05) is 45.2 Å². The van der Waals surface area contributed by atoms with Gasteiger partial charge in [-0.1, -0.05) is 30.6 Å². The van der Waals surface area contributed by atoms with Gasteiger partial charge in [0.15, 0.2) is 3.95 Å². The Balaban J connectivity index is 1.30. The number of aromatic nitrogens is 2. The summed E-state index contributed by atoms with van der Waals surface area (Å²) < 4.78 is 2.82. The van der Waals surface area contributed by atoms with E-state index in [-0.39, 0.29) is 5.92 Å². The zero-order chi connectivity index (χ0) is 17.9. The lowest BCUT2D eigenvalue weighted by molar-refractivity contribution is -0.138. The predicted octanol–water partition coefficient (Wildman–Crippen LogP) is 2.96. The summed E-state index contributed by atoms with van der Waals surface area (Å²) in [5.41, 5.74) is 0. The van der Waals surface area contributed by atoms with Crippen molar-refractivity contribution in [2.24, 2.45) is 5.92 Å². The molecule has 4 rings (SSSR count). The molecule has 0 N–H and O–H groups in total. The first-order chi connectivity index (χ1) is 12.7. The third kappa shape index (κ3) is 4.12. The van der Waals surface area contributed by atoms with Crippen molar-refractivity contribution in [1.29, 1.82) is 0 Å². The molecule has 1 aliphatic carbocycles. The molecule has 0 radical (unpaired) electrons. The lowest BCUT2D eigenvalue weighted by Crippen LogP contribution is -2.50. The minimum Gasteiger partial charge on any atom is -0.347 e. The lowest BCUT2D eigenvalue weighted by Gasteiger charge is -2.37. The van der Waals surface area contributed by atoms with Crippen molar-refractivity contribution in [3.8, 4) is 0 Å². The SMILES string of the molecule is O=C(C1CCCCC1)N1CCN(Cn2nc(N3CCCC3)sc2=S)CC1. The van der Waals surface area contributed by atoms with E-state index in [1.54, 1.807) is 11.3 Å². The van der Waals surface area contributed by atoms with Gasteiger partial charge in [-0.25, -0.2) is 4.68 Å². The maximum Gasteiger partial charge on any atom is 0.225 e. The summed E-state index contributed by atoms with van der Waals surface area (Å²) in [4.78, 5) is 19.5. The highest BCUT2D eigenvalue weighted by molar-refractivity contribution is 7.73. The number of rotatable bonds is 4. The molecule has 3 aliphatic rings. The Morgan fingerprint density at radius 3 is 2.38 bits per heavy atom. The van der Waals surface area contributed by atoms with Crippen molar-refractivity contribution < 1.29 is 4.79 Å². The topological polar surface area (TPSA) is 44.6 Å². The predicted molar refractivity (Wildman–Crippen MR) is 107 cm³/mol. The van der Waals surface area contributed by atoms with E-state index >= 15 is 0 Å². The molecule has 1 aromatic rings. The van der Waals surface area contributed by atoms with Gasteiger partial charge < -0.3 is 9.80 Å². The molecule has 6 nitrogen and oxygen atoms in total. The molecule has 144 valence electrons. The summed E-state index contributed by atoms with van der Waals surface area (Å²) in [6.07, 6.45) is 8.42. The van der Waals surface area contributed by atoms with Gasteiger partial charge >= 0.3 is 0 Å². The molecule has 26 heavy (non-hydrogen) atoms. The highest BCUT2D eigenvalue weighted by atomic mass is 32.1. The summed E-state index contributed by atoms with van der Waals surface area (Å²) in [7, 11) is 0. The zero-order valence-corrected chi connectivity index (χ0v) is 17.1. The number of hydrogen-bond acceptors (Lipinski definition) is 6. The smallest absolute Gasteiger partial charge is 0.225 e. The Kier molecular flexibility index (Phi) is 5.90. The van der Waals surface area contributed by atoms with Crippen LogP contribution in [-0.2, 0) is 11.5 Å². The monoisotopic (exact) mass is 395 g/mol. The van der Waals surface area contributed by atoms with Crippen molar-refractivity contribution in [1.82, 2.24) is 19.6 Å². The van der Waals surface area contributed by atoms with Gasteiger partial charge in [-0.15, -0.1) is 5.10 Å². The van der Waals surface area contributed by atoms with E-state index in [1.807, 2.05) is 4.68 Å². The zero-order valence-electron chi connectivity index (χ0n) is 15.4. The molecule has 0 bridgehead atoms. The molecule has 0 unspecified atom stereocenters. The number of nitrogens with zero attached hydrogens (tertiary/aromatic N) is 5. The molecule has 8 heteroatoms. The van der Waals surface area contributed by atoms with Crippen LogP contribution in [0.5, 0.6) is 0 Å². The Morgan fingerprint density at radius 2 is 1.69 bits per heavy atom. The highest BCUT2D eigenvalue weighted by Gasteiger charge is 2.28. The molecule has 0 spiro atoms. The number of hydrogen-bond donors (Lipinski definition) is 0. The summed E-state index contributed by atoms with van der Waals surface area (Å²) in [5.74, 6) is 0.677. The van der Waals surface area contributed by atoms with Gasteiger partial charge in [0.1, 0.15) is 0 Å². The molecule has 3 heterocycles. The van der Waals surface area contributed by atoms with Crippen LogP contribution < -0.4 is 4.90 Å². The summed E-state index contributed by atoms with van der Waals surface area (Å²) >= 11 is 7.15. The van der Waals surface area contributed by atoms with Crippen molar-refractivity contribution in [3.05, 3.63) is 3.95 Å². The van der Waals surface area contributed by atoms with Crippen LogP contribution in [-0.4, -0.2) is 64.8 Å². The number of piperazine rings is 1. The van der Waals surface area contributed by atoms with Crippen molar-refractivity contribution >= 4 is 34.6 Å². The standard InChI is InChI=1S/C18H29N5OS2/c24-16(15-6-2-1-3-7-15)21-12-10-20(11-13-21)14-23-18(25)26-17(19-23)22-8-4-5-9-22/h15H,1-14H2. The van der Waals surface area contributed by atoms with E-state index in [0.717, 1.165) is 67.9 Å². The van der Waals surface area contributed by atoms with Crippen molar-refractivity contribution in [3.63, 3.8) is 0 Å². The molecule has 0 atom stereocenters. The fraction of sp³-hybridized carbons (Fsp3) is 0.833. The van der Waals surface area contributed by atoms with E-state index in [9.17, 15) is 4.79 Å². The van der Waals surface area contributed by atoms with Crippen LogP contribution in [0.3, 0.4) is 0 Å². The molecular weight excluding hydrogens is 366 g/mol. The second-order valence-electron chi connectivity index (χ2n) is 7.76. The Hall–Kier alpha value is -0.990. The maximum atomic E-state index is 12.7. The molecule has 2 saturated heterocycles. The number of carbonyl (C=O) groups is 1. The largest absolute Gasteiger partial charge is 0.347 e. The van der Waals surface area contributed by atoms with Gasteiger partial charge in [-0.05, 0) is 37.9 Å². The quantitative estimate of drug-likeness (QED) is 0.734. The van der Waals surface area contributed by atoms with Crippen LogP contribution in [0.15, 0.2) is 0 Å². The fourth-order valence-corrected chi connectivity index (χ4v) is 5.46. The Labute approximate surface area is 164 Å². The minimum absolute atomic E-state index is 0.283. The number of carbonyl (C=O) groups excluding carboxylic acids is 1. The van der Waals surface area contributed by atoms with Crippen molar-refractivity contribution in [2.75, 3.05) is 44.2 Å². The normalized spacial score (nSPS) is 22.9. The lowest BCUT2D eigenvalue weighted by atomic mass is 9.88. The summed E-state index contributed by atoms with van der Waals surface area (Å²) in [5, 5.41) is 5.82. The van der Waals surface area contributed by atoms with Crippen LogP contribution in [0.2, 0.25) is 0 Å². The first kappa shape index (κ1) is 18.4. The van der Waals surface area contributed by atoms with Crippen LogP contribution in [0.4, 0.5) is 5.13 Å². The first-order valence-corrected chi connectivity index (χ1v) is 11.3. The van der Waals surface area contributed by atoms with Gasteiger partial charge in [-0.2, -0.15) is 0 Å². The summed E-state index contributed by atoms with van der Waals surface area (Å²) in [6.45, 7) is 6.45. The van der Waals surface area contributed by atoms with Crippen molar-refractivity contribution in [2.45, 2.75) is 51.6 Å². The molecular formula is C18H29N5OS2. The molecule has 0 aromatic carbocycles. The van der Waals surface area contributed by atoms with Gasteiger partial charge in [-0.3, -0.25) is 9.69 Å². The molecule has 3 fully saturated rings. The van der Waals surface area contributed by atoms with E-state index in [4.69, 9.17) is 17.3 Å². The minimum atomic E-state index is 0.283. The summed E-state index contributed by atoms with van der Waals surface area (Å²) in [6, 6.07) is 0. The van der Waals surface area contributed by atoms with Crippen LogP contribution in [0.25, 0.3) is 0 Å². The van der Waals surface area contributed by atoms with Crippen LogP contribution in [0.1, 0.15) is 44.9 Å². The van der Waals surface area contributed by atoms with E-state index < -0.39 is 0 Å². The highest BCUT2D eigenvalue weighted by Crippen LogP contribution is 2.26. The van der Waals surface area contributed by atoms with Gasteiger partial charge in [0.25, 0.3) is 0 Å². The first-order valence-electron chi connectivity index (χ1n) is 10.0. The van der Waals surface area contributed by atoms with E-state index in [1.165, 1.54) is 32.1 Å². The number of anilines is 1. The molecule has 1 amide bonds. The van der Waals surface area contributed by atoms with Gasteiger partial charge in [0.2, 0.25) is 11.0 Å². The molecule has 1 saturated carbocycles. The fourth-order valence-electron chi connectivity index (χ4n) is 4.33. The number of amides is 1. The van der Waals surface area contributed by atoms with Crippen LogP contribution in [0, 0.1) is 9.87 Å². The Bertz CT molecular complexity index is 667. The van der Waals surface area contributed by atoms with Crippen LogP contribution >= 0.6 is 23.6 Å². The second-order valence-corrected chi connectivity index (χ2v) is 9.36.